The number of aromatic nitrogens is 4. The van der Waals surface area contributed by atoms with Crippen molar-refractivity contribution in [2.24, 2.45) is 0 Å². The summed E-state index contributed by atoms with van der Waals surface area (Å²) in [5, 5.41) is 13.3. The van der Waals surface area contributed by atoms with E-state index in [0.717, 1.165) is 24.5 Å². The lowest BCUT2D eigenvalue weighted by Gasteiger charge is -2.07. The van der Waals surface area contributed by atoms with E-state index in [2.05, 4.69) is 20.6 Å². The van der Waals surface area contributed by atoms with Gasteiger partial charge in [0, 0.05) is 30.3 Å². The summed E-state index contributed by atoms with van der Waals surface area (Å²) in [6.07, 6.45) is -2.23. The first-order chi connectivity index (χ1) is 14.8. The zero-order valence-corrected chi connectivity index (χ0v) is 16.9. The molecule has 1 saturated carbocycles. The Bertz CT molecular complexity index is 1070. The second-order valence-electron chi connectivity index (χ2n) is 7.46. The van der Waals surface area contributed by atoms with Crippen LogP contribution in [0.25, 0.3) is 11.3 Å². The van der Waals surface area contributed by atoms with Crippen molar-refractivity contribution in [2.45, 2.75) is 37.9 Å². The van der Waals surface area contributed by atoms with Crippen LogP contribution in [0.5, 0.6) is 5.75 Å². The van der Waals surface area contributed by atoms with E-state index in [1.165, 1.54) is 4.68 Å². The van der Waals surface area contributed by atoms with Crippen molar-refractivity contribution in [3.05, 3.63) is 53.5 Å². The Morgan fingerprint density at radius 3 is 2.81 bits per heavy atom. The smallest absolute Gasteiger partial charge is 0.435 e. The molecule has 0 radical (unpaired) electrons. The van der Waals surface area contributed by atoms with E-state index in [-0.39, 0.29) is 11.8 Å². The van der Waals surface area contributed by atoms with Gasteiger partial charge in [-0.05, 0) is 43.5 Å². The summed E-state index contributed by atoms with van der Waals surface area (Å²) in [7, 11) is 1.57. The number of nitrogens with one attached hydrogen (secondary N) is 2. The normalized spacial score (nSPS) is 13.9. The molecule has 0 bridgehead atoms. The lowest BCUT2D eigenvalue weighted by atomic mass is 10.1. The molecule has 0 saturated heterocycles. The van der Waals surface area contributed by atoms with Crippen LogP contribution in [0.3, 0.4) is 0 Å². The third-order valence-corrected chi connectivity index (χ3v) is 5.12. The summed E-state index contributed by atoms with van der Waals surface area (Å²) in [5.74, 6) is 0.503. The van der Waals surface area contributed by atoms with Crippen LogP contribution in [0.2, 0.25) is 0 Å². The molecule has 4 rings (SSSR count). The second kappa shape index (κ2) is 8.44. The highest BCUT2D eigenvalue weighted by Crippen LogP contribution is 2.42. The van der Waals surface area contributed by atoms with Gasteiger partial charge in [0.05, 0.1) is 12.8 Å². The van der Waals surface area contributed by atoms with Crippen LogP contribution < -0.4 is 10.1 Å². The van der Waals surface area contributed by atoms with E-state index >= 15 is 0 Å². The van der Waals surface area contributed by atoms with E-state index in [4.69, 9.17) is 4.74 Å². The monoisotopic (exact) mass is 433 g/mol. The Morgan fingerprint density at radius 1 is 1.29 bits per heavy atom. The molecule has 31 heavy (non-hydrogen) atoms. The Kier molecular flexibility index (Phi) is 5.71. The highest BCUT2D eigenvalue weighted by atomic mass is 19.4. The molecule has 1 fully saturated rings. The van der Waals surface area contributed by atoms with Gasteiger partial charge < -0.3 is 10.1 Å². The van der Waals surface area contributed by atoms with E-state index in [1.807, 2.05) is 24.3 Å². The lowest BCUT2D eigenvalue weighted by molar-refractivity contribution is -0.141. The molecule has 10 heteroatoms. The fourth-order valence-electron chi connectivity index (χ4n) is 3.35. The Hall–Kier alpha value is -3.30. The molecule has 0 aliphatic heterocycles. The Balaban J connectivity index is 1.32. The van der Waals surface area contributed by atoms with Crippen LogP contribution in [0.1, 0.15) is 47.1 Å². The minimum Gasteiger partial charge on any atom is -0.497 e. The number of aromatic amines is 1. The van der Waals surface area contributed by atoms with Crippen molar-refractivity contribution >= 4 is 5.91 Å². The fourth-order valence-corrected chi connectivity index (χ4v) is 3.35. The van der Waals surface area contributed by atoms with Crippen molar-refractivity contribution in [1.29, 1.82) is 0 Å². The first-order valence-electron chi connectivity index (χ1n) is 9.98. The summed E-state index contributed by atoms with van der Waals surface area (Å²) in [5.41, 5.74) is 1.47. The van der Waals surface area contributed by atoms with Gasteiger partial charge in [0.15, 0.2) is 5.69 Å². The van der Waals surface area contributed by atoms with Crippen molar-refractivity contribution in [3.63, 3.8) is 0 Å². The zero-order valence-electron chi connectivity index (χ0n) is 16.9. The predicted octanol–water partition coefficient (Wildman–Crippen LogP) is 4.00. The summed E-state index contributed by atoms with van der Waals surface area (Å²) in [6, 6.07) is 10.1. The molecule has 1 aliphatic rings. The van der Waals surface area contributed by atoms with E-state index in [9.17, 15) is 18.0 Å². The zero-order chi connectivity index (χ0) is 22.0. The molecule has 2 heterocycles. The maximum absolute atomic E-state index is 13.0. The molecule has 1 aromatic carbocycles. The number of carbonyl (C=O) groups excluding carboxylic acids is 1. The maximum atomic E-state index is 13.0. The molecule has 0 atom stereocenters. The number of methoxy groups -OCH3 is 1. The number of benzene rings is 1. The SMILES string of the molecule is COc1cccc(-c2cc(C(=O)NCCCn3nc(C(F)(F)F)cc3C3CC3)[nH]n2)c1. The third kappa shape index (κ3) is 4.89. The quantitative estimate of drug-likeness (QED) is 0.526. The van der Waals surface area contributed by atoms with Crippen LogP contribution >= 0.6 is 0 Å². The molecule has 0 unspecified atom stereocenters. The molecule has 3 aromatic rings. The van der Waals surface area contributed by atoms with Gasteiger partial charge in [-0.1, -0.05) is 12.1 Å². The van der Waals surface area contributed by atoms with Gasteiger partial charge >= 0.3 is 6.18 Å². The van der Waals surface area contributed by atoms with Gasteiger partial charge in [-0.15, -0.1) is 0 Å². The first kappa shape index (κ1) is 21.0. The number of carbonyl (C=O) groups is 1. The van der Waals surface area contributed by atoms with Gasteiger partial charge in [-0.2, -0.15) is 23.4 Å². The number of halogens is 3. The lowest BCUT2D eigenvalue weighted by Crippen LogP contribution is -2.25. The van der Waals surface area contributed by atoms with Crippen molar-refractivity contribution in [1.82, 2.24) is 25.3 Å². The van der Waals surface area contributed by atoms with Crippen LogP contribution in [-0.4, -0.2) is 39.5 Å². The molecular formula is C21H22F3N5O2. The molecule has 7 nitrogen and oxygen atoms in total. The van der Waals surface area contributed by atoms with Gasteiger partial charge in [0.25, 0.3) is 5.91 Å². The van der Waals surface area contributed by atoms with E-state index in [0.29, 0.717) is 42.3 Å². The Labute approximate surface area is 176 Å². The van der Waals surface area contributed by atoms with E-state index in [1.54, 1.807) is 13.2 Å². The number of H-pyrrole nitrogens is 1. The molecule has 1 aliphatic carbocycles. The molecular weight excluding hydrogens is 411 g/mol. The Morgan fingerprint density at radius 2 is 2.10 bits per heavy atom. The average Bonchev–Trinajstić information content (AvgIpc) is 3.30. The molecule has 2 aromatic heterocycles. The average molecular weight is 433 g/mol. The maximum Gasteiger partial charge on any atom is 0.435 e. The van der Waals surface area contributed by atoms with Crippen LogP contribution in [0.15, 0.2) is 36.4 Å². The number of aryl methyl sites for hydroxylation is 1. The molecule has 1 amide bonds. The number of hydrogen-bond donors (Lipinski definition) is 2. The minimum atomic E-state index is -4.45. The summed E-state index contributed by atoms with van der Waals surface area (Å²) in [6.45, 7) is 0.609. The van der Waals surface area contributed by atoms with Crippen molar-refractivity contribution in [2.75, 3.05) is 13.7 Å². The number of amides is 1. The largest absolute Gasteiger partial charge is 0.497 e. The number of nitrogens with zero attached hydrogens (tertiary/aromatic N) is 3. The number of rotatable bonds is 8. The number of hydrogen-bond acceptors (Lipinski definition) is 4. The summed E-state index contributed by atoms with van der Waals surface area (Å²) >= 11 is 0. The highest BCUT2D eigenvalue weighted by molar-refractivity contribution is 5.93. The highest BCUT2D eigenvalue weighted by Gasteiger charge is 2.37. The summed E-state index contributed by atoms with van der Waals surface area (Å²) in [4.78, 5) is 12.4. The van der Waals surface area contributed by atoms with Crippen LogP contribution in [-0.2, 0) is 12.7 Å². The molecule has 164 valence electrons. The van der Waals surface area contributed by atoms with Gasteiger partial charge in [-0.3, -0.25) is 14.6 Å². The van der Waals surface area contributed by atoms with Gasteiger partial charge in [0.1, 0.15) is 11.4 Å². The number of alkyl halides is 3. The standard InChI is InChI=1S/C21H22F3N5O2/c1-31-15-5-2-4-14(10-15)16-11-17(27-26-16)20(30)25-8-3-9-29-18(13-6-7-13)12-19(28-29)21(22,23)24/h2,4-5,10-13H,3,6-9H2,1H3,(H,25,30)(H,26,27). The third-order valence-electron chi connectivity index (χ3n) is 5.12. The van der Waals surface area contributed by atoms with Gasteiger partial charge in [0.2, 0.25) is 0 Å². The second-order valence-corrected chi connectivity index (χ2v) is 7.46. The van der Waals surface area contributed by atoms with Crippen molar-refractivity contribution in [3.8, 4) is 17.0 Å². The van der Waals surface area contributed by atoms with E-state index < -0.39 is 11.9 Å². The number of ether oxygens (including phenoxy) is 1. The first-order valence-corrected chi connectivity index (χ1v) is 9.98. The van der Waals surface area contributed by atoms with Crippen LogP contribution in [0.4, 0.5) is 13.2 Å². The molecule has 2 N–H and O–H groups in total. The van der Waals surface area contributed by atoms with Gasteiger partial charge in [-0.25, -0.2) is 0 Å². The van der Waals surface area contributed by atoms with Crippen LogP contribution in [0, 0.1) is 0 Å². The van der Waals surface area contributed by atoms with Crippen molar-refractivity contribution < 1.29 is 22.7 Å². The topological polar surface area (TPSA) is 84.8 Å². The summed E-state index contributed by atoms with van der Waals surface area (Å²) < 4.78 is 45.5. The minimum absolute atomic E-state index is 0.151. The fraction of sp³-hybridized carbons (Fsp3) is 0.381. The molecule has 0 spiro atoms. The predicted molar refractivity (Wildman–Crippen MR) is 107 cm³/mol.